The molecule has 1 unspecified atom stereocenters. The summed E-state index contributed by atoms with van der Waals surface area (Å²) in [5.74, 6) is 0.0457. The molecule has 0 aliphatic heterocycles. The molecule has 0 aromatic heterocycles. The molecule has 0 saturated heterocycles. The van der Waals surface area contributed by atoms with Gasteiger partial charge in [0.1, 0.15) is 0 Å². The SMILES string of the molecule is CCOC(=O)C(C#N)(CCCN(C)CCc1ccc(C(=O)OC)cc1)c1ccc(OC)c(OC)c1. The second-order valence-corrected chi connectivity index (χ2v) is 8.15. The van der Waals surface area contributed by atoms with E-state index in [-0.39, 0.29) is 12.6 Å². The average Bonchev–Trinajstić information content (AvgIpc) is 2.89. The van der Waals surface area contributed by atoms with Gasteiger partial charge in [-0.15, -0.1) is 0 Å². The molecule has 2 aromatic carbocycles. The molecule has 0 saturated carbocycles. The molecule has 0 spiro atoms. The summed E-state index contributed by atoms with van der Waals surface area (Å²) in [7, 11) is 6.40. The Morgan fingerprint density at radius 3 is 2.26 bits per heavy atom. The Morgan fingerprint density at radius 1 is 1.00 bits per heavy atom. The van der Waals surface area contributed by atoms with Crippen molar-refractivity contribution in [3.8, 4) is 17.6 Å². The zero-order valence-electron chi connectivity index (χ0n) is 21.1. The molecule has 0 aliphatic carbocycles. The van der Waals surface area contributed by atoms with Gasteiger partial charge in [-0.05, 0) is 75.2 Å². The van der Waals surface area contributed by atoms with Gasteiger partial charge in [-0.2, -0.15) is 5.26 Å². The number of methoxy groups -OCH3 is 3. The monoisotopic (exact) mass is 482 g/mol. The second kappa shape index (κ2) is 13.4. The topological polar surface area (TPSA) is 98.1 Å². The van der Waals surface area contributed by atoms with Crippen LogP contribution in [0.15, 0.2) is 42.5 Å². The average molecular weight is 483 g/mol. The van der Waals surface area contributed by atoms with Crippen LogP contribution in [0.1, 0.15) is 41.3 Å². The molecule has 1 atom stereocenters. The number of nitriles is 1. The first-order valence-electron chi connectivity index (χ1n) is 11.5. The van der Waals surface area contributed by atoms with Crippen LogP contribution in [0.25, 0.3) is 0 Å². The van der Waals surface area contributed by atoms with Gasteiger partial charge >= 0.3 is 11.9 Å². The quantitative estimate of drug-likeness (QED) is 0.398. The summed E-state index contributed by atoms with van der Waals surface area (Å²) in [6.07, 6.45) is 1.71. The highest BCUT2D eigenvalue weighted by atomic mass is 16.5. The van der Waals surface area contributed by atoms with Crippen LogP contribution in [0.4, 0.5) is 0 Å². The first-order valence-corrected chi connectivity index (χ1v) is 11.5. The molecule has 8 nitrogen and oxygen atoms in total. The number of esters is 2. The molecule has 188 valence electrons. The number of nitrogens with zero attached hydrogens (tertiary/aromatic N) is 2. The maximum Gasteiger partial charge on any atom is 0.337 e. The third-order valence-electron chi connectivity index (χ3n) is 5.94. The van der Waals surface area contributed by atoms with Crippen LogP contribution in [0.5, 0.6) is 11.5 Å². The molecule has 0 heterocycles. The molecule has 0 radical (unpaired) electrons. The summed E-state index contributed by atoms with van der Waals surface area (Å²) in [5.41, 5.74) is 0.698. The summed E-state index contributed by atoms with van der Waals surface area (Å²) in [6.45, 7) is 3.38. The van der Waals surface area contributed by atoms with Gasteiger partial charge < -0.3 is 23.8 Å². The maximum absolute atomic E-state index is 13.0. The third kappa shape index (κ3) is 6.96. The van der Waals surface area contributed by atoms with E-state index in [9.17, 15) is 14.9 Å². The van der Waals surface area contributed by atoms with Gasteiger partial charge in [-0.3, -0.25) is 0 Å². The van der Waals surface area contributed by atoms with Gasteiger partial charge in [0, 0.05) is 6.54 Å². The Morgan fingerprint density at radius 2 is 1.69 bits per heavy atom. The van der Waals surface area contributed by atoms with Crippen molar-refractivity contribution in [3.05, 3.63) is 59.2 Å². The van der Waals surface area contributed by atoms with Crippen LogP contribution >= 0.6 is 0 Å². The fraction of sp³-hybridized carbons (Fsp3) is 0.444. The zero-order valence-corrected chi connectivity index (χ0v) is 21.1. The van der Waals surface area contributed by atoms with Gasteiger partial charge in [0.15, 0.2) is 16.9 Å². The van der Waals surface area contributed by atoms with E-state index in [2.05, 4.69) is 11.0 Å². The number of rotatable bonds is 13. The van der Waals surface area contributed by atoms with Crippen LogP contribution in [0, 0.1) is 11.3 Å². The number of carbonyl (C=O) groups is 2. The van der Waals surface area contributed by atoms with Crippen LogP contribution in [-0.2, 0) is 26.1 Å². The van der Waals surface area contributed by atoms with Gasteiger partial charge in [-0.1, -0.05) is 18.2 Å². The van der Waals surface area contributed by atoms with Crippen molar-refractivity contribution in [1.29, 1.82) is 5.26 Å². The Balaban J connectivity index is 2.06. The molecular formula is C27H34N2O6. The lowest BCUT2D eigenvalue weighted by Crippen LogP contribution is -2.37. The summed E-state index contributed by atoms with van der Waals surface area (Å²) >= 11 is 0. The van der Waals surface area contributed by atoms with Crippen molar-refractivity contribution in [2.45, 2.75) is 31.6 Å². The molecule has 0 bridgehead atoms. The highest BCUT2D eigenvalue weighted by Crippen LogP contribution is 2.37. The van der Waals surface area contributed by atoms with Gasteiger partial charge in [0.05, 0.1) is 39.6 Å². The van der Waals surface area contributed by atoms with Gasteiger partial charge in [-0.25, -0.2) is 9.59 Å². The van der Waals surface area contributed by atoms with Crippen molar-refractivity contribution in [2.75, 3.05) is 48.1 Å². The molecule has 8 heteroatoms. The molecular weight excluding hydrogens is 448 g/mol. The Kier molecular flexibility index (Phi) is 10.6. The van der Waals surface area contributed by atoms with Crippen LogP contribution < -0.4 is 9.47 Å². The first kappa shape index (κ1) is 27.7. The predicted octanol–water partition coefficient (Wildman–Crippen LogP) is 3.77. The van der Waals surface area contributed by atoms with E-state index < -0.39 is 11.4 Å². The fourth-order valence-electron chi connectivity index (χ4n) is 3.86. The van der Waals surface area contributed by atoms with Crippen molar-refractivity contribution >= 4 is 11.9 Å². The summed E-state index contributed by atoms with van der Waals surface area (Å²) in [5, 5.41) is 10.1. The summed E-state index contributed by atoms with van der Waals surface area (Å²) in [6, 6.07) is 14.6. The molecule has 0 amide bonds. The first-order chi connectivity index (χ1) is 16.8. The van der Waals surface area contributed by atoms with E-state index in [1.165, 1.54) is 21.3 Å². The zero-order chi connectivity index (χ0) is 25.8. The minimum Gasteiger partial charge on any atom is -0.493 e. The van der Waals surface area contributed by atoms with Gasteiger partial charge in [0.25, 0.3) is 0 Å². The lowest BCUT2D eigenvalue weighted by atomic mass is 9.77. The van der Waals surface area contributed by atoms with E-state index in [1.807, 2.05) is 19.2 Å². The fourth-order valence-corrected chi connectivity index (χ4v) is 3.86. The predicted molar refractivity (Wildman–Crippen MR) is 132 cm³/mol. The standard InChI is InChI=1S/C27H34N2O6/c1-6-35-26(31)27(19-28,22-12-13-23(32-3)24(18-22)33-4)15-7-16-29(2)17-14-20-8-10-21(11-9-20)25(30)34-5/h8-13,18H,6-7,14-17H2,1-5H3. The minimum absolute atomic E-state index is 0.185. The lowest BCUT2D eigenvalue weighted by molar-refractivity contribution is -0.148. The van der Waals surface area contributed by atoms with Crippen molar-refractivity contribution < 1.29 is 28.5 Å². The van der Waals surface area contributed by atoms with Crippen LogP contribution in [0.2, 0.25) is 0 Å². The normalized spacial score (nSPS) is 12.4. The van der Waals surface area contributed by atoms with E-state index in [0.717, 1.165) is 18.5 Å². The van der Waals surface area contributed by atoms with E-state index in [0.29, 0.717) is 42.0 Å². The molecule has 0 N–H and O–H groups in total. The van der Waals surface area contributed by atoms with E-state index in [4.69, 9.17) is 18.9 Å². The number of likely N-dealkylation sites (N-methyl/N-ethyl adjacent to an activating group) is 1. The number of carbonyl (C=O) groups excluding carboxylic acids is 2. The van der Waals surface area contributed by atoms with Crippen molar-refractivity contribution in [2.24, 2.45) is 0 Å². The largest absolute Gasteiger partial charge is 0.493 e. The Labute approximate surface area is 207 Å². The molecule has 2 rings (SSSR count). The smallest absolute Gasteiger partial charge is 0.337 e. The van der Waals surface area contributed by atoms with Crippen molar-refractivity contribution in [1.82, 2.24) is 4.90 Å². The van der Waals surface area contributed by atoms with E-state index >= 15 is 0 Å². The molecule has 2 aromatic rings. The summed E-state index contributed by atoms with van der Waals surface area (Å²) in [4.78, 5) is 26.7. The number of benzene rings is 2. The summed E-state index contributed by atoms with van der Waals surface area (Å²) < 4.78 is 20.7. The molecule has 0 fully saturated rings. The number of hydrogen-bond donors (Lipinski definition) is 0. The number of hydrogen-bond acceptors (Lipinski definition) is 8. The van der Waals surface area contributed by atoms with E-state index in [1.54, 1.807) is 37.3 Å². The van der Waals surface area contributed by atoms with Crippen LogP contribution in [-0.4, -0.2) is 64.9 Å². The Bertz CT molecular complexity index is 1030. The second-order valence-electron chi connectivity index (χ2n) is 8.15. The maximum atomic E-state index is 13.0. The third-order valence-corrected chi connectivity index (χ3v) is 5.94. The molecule has 35 heavy (non-hydrogen) atoms. The molecule has 0 aliphatic rings. The minimum atomic E-state index is -1.44. The van der Waals surface area contributed by atoms with Crippen LogP contribution in [0.3, 0.4) is 0 Å². The highest BCUT2D eigenvalue weighted by Gasteiger charge is 2.42. The highest BCUT2D eigenvalue weighted by molar-refractivity contribution is 5.89. The number of ether oxygens (including phenoxy) is 4. The van der Waals surface area contributed by atoms with Gasteiger partial charge in [0.2, 0.25) is 0 Å². The Hall–Kier alpha value is -3.57. The van der Waals surface area contributed by atoms with Crippen molar-refractivity contribution in [3.63, 3.8) is 0 Å². The lowest BCUT2D eigenvalue weighted by Gasteiger charge is -2.27.